The largest absolute Gasteiger partial charge is 0.465 e. The summed E-state index contributed by atoms with van der Waals surface area (Å²) in [7, 11) is 1.11. The number of hydrogen-bond acceptors (Lipinski definition) is 3. The number of carbonyl (C=O) groups excluding carboxylic acids is 1. The van der Waals surface area contributed by atoms with Crippen molar-refractivity contribution in [1.29, 1.82) is 0 Å². The summed E-state index contributed by atoms with van der Waals surface area (Å²) in [5.74, 6) is -0.879. The highest BCUT2D eigenvalue weighted by molar-refractivity contribution is 9.10. The van der Waals surface area contributed by atoms with Crippen LogP contribution in [0.5, 0.6) is 0 Å². The van der Waals surface area contributed by atoms with E-state index in [1.165, 1.54) is 0 Å². The van der Waals surface area contributed by atoms with Crippen LogP contribution in [0.2, 0.25) is 0 Å². The van der Waals surface area contributed by atoms with Gasteiger partial charge in [-0.3, -0.25) is 0 Å². The van der Waals surface area contributed by atoms with Crippen LogP contribution in [-0.4, -0.2) is 18.1 Å². The van der Waals surface area contributed by atoms with Crippen LogP contribution in [0.4, 0.5) is 8.78 Å². The molecule has 0 aliphatic rings. The van der Waals surface area contributed by atoms with Gasteiger partial charge in [0.2, 0.25) is 0 Å². The summed E-state index contributed by atoms with van der Waals surface area (Å²) in [4.78, 5) is 15.2. The van der Waals surface area contributed by atoms with Gasteiger partial charge in [-0.2, -0.15) is 0 Å². The molecule has 0 amide bonds. The summed E-state index contributed by atoms with van der Waals surface area (Å²) in [5, 5.41) is 0. The Bertz CT molecular complexity index is 415. The van der Waals surface area contributed by atoms with E-state index in [0.29, 0.717) is 0 Å². The van der Waals surface area contributed by atoms with E-state index < -0.39 is 18.0 Å². The van der Waals surface area contributed by atoms with Crippen molar-refractivity contribution in [2.24, 2.45) is 0 Å². The fraction of sp³-hybridized carbons (Fsp3) is 0.333. The zero-order valence-corrected chi connectivity index (χ0v) is 10.5. The summed E-state index contributed by atoms with van der Waals surface area (Å²) in [5.41, 5.74) is -0.452. The minimum absolute atomic E-state index is 0.00722. The van der Waals surface area contributed by atoms with Crippen LogP contribution in [0.15, 0.2) is 10.7 Å². The molecule has 7 heteroatoms. The fourth-order valence-corrected chi connectivity index (χ4v) is 1.89. The average Bonchev–Trinajstić information content (AvgIpc) is 2.26. The minimum Gasteiger partial charge on any atom is -0.465 e. The number of esters is 1. The molecule has 0 spiro atoms. The standard InChI is InChI=1S/C9H7BrClF2NO2/c1-16-9(15)6-5(8(12)13)2-4(3-11)14-7(6)10/h2,8H,3H2,1H3. The molecule has 1 heterocycles. The molecule has 0 bridgehead atoms. The molecule has 0 N–H and O–H groups in total. The van der Waals surface area contributed by atoms with Crippen LogP contribution >= 0.6 is 27.5 Å². The molecular weight excluding hydrogens is 307 g/mol. The molecule has 16 heavy (non-hydrogen) atoms. The van der Waals surface area contributed by atoms with Gasteiger partial charge in [0.25, 0.3) is 6.43 Å². The first kappa shape index (κ1) is 13.3. The Kier molecular flexibility index (Phi) is 4.61. The van der Waals surface area contributed by atoms with E-state index in [9.17, 15) is 13.6 Å². The molecule has 1 rings (SSSR count). The van der Waals surface area contributed by atoms with Crippen LogP contribution in [0, 0.1) is 0 Å². The number of alkyl halides is 3. The van der Waals surface area contributed by atoms with Crippen LogP contribution in [0.3, 0.4) is 0 Å². The Morgan fingerprint density at radius 3 is 2.75 bits per heavy atom. The quantitative estimate of drug-likeness (QED) is 0.488. The molecule has 88 valence electrons. The Labute approximate surface area is 104 Å². The third-order valence-corrected chi connectivity index (χ3v) is 2.67. The molecule has 1 aromatic rings. The molecule has 0 aliphatic heterocycles. The van der Waals surface area contributed by atoms with Crippen molar-refractivity contribution in [1.82, 2.24) is 4.98 Å². The van der Waals surface area contributed by atoms with E-state index in [0.717, 1.165) is 13.2 Å². The van der Waals surface area contributed by atoms with Gasteiger partial charge in [0.1, 0.15) is 10.2 Å². The Balaban J connectivity index is 3.39. The second kappa shape index (κ2) is 5.54. The maximum atomic E-state index is 12.7. The third kappa shape index (κ3) is 2.68. The van der Waals surface area contributed by atoms with Crippen molar-refractivity contribution in [2.45, 2.75) is 12.3 Å². The van der Waals surface area contributed by atoms with E-state index >= 15 is 0 Å². The monoisotopic (exact) mass is 313 g/mol. The summed E-state index contributed by atoms with van der Waals surface area (Å²) in [6.45, 7) is 0. The van der Waals surface area contributed by atoms with E-state index in [4.69, 9.17) is 11.6 Å². The minimum atomic E-state index is -2.80. The second-order valence-electron chi connectivity index (χ2n) is 2.79. The zero-order chi connectivity index (χ0) is 12.3. The molecule has 0 aliphatic carbocycles. The van der Waals surface area contributed by atoms with Crippen molar-refractivity contribution in [3.05, 3.63) is 27.5 Å². The van der Waals surface area contributed by atoms with Crippen molar-refractivity contribution in [2.75, 3.05) is 7.11 Å². The lowest BCUT2D eigenvalue weighted by molar-refractivity contribution is 0.0587. The van der Waals surface area contributed by atoms with Crippen LogP contribution < -0.4 is 0 Å². The molecule has 0 atom stereocenters. The fourth-order valence-electron chi connectivity index (χ4n) is 1.13. The van der Waals surface area contributed by atoms with Crippen LogP contribution in [0.1, 0.15) is 28.0 Å². The van der Waals surface area contributed by atoms with Crippen LogP contribution in [0.25, 0.3) is 0 Å². The Morgan fingerprint density at radius 1 is 1.69 bits per heavy atom. The van der Waals surface area contributed by atoms with E-state index in [1.807, 2.05) is 0 Å². The summed E-state index contributed by atoms with van der Waals surface area (Å²) in [6, 6.07) is 1.09. The number of ether oxygens (including phenoxy) is 1. The van der Waals surface area contributed by atoms with Crippen molar-refractivity contribution < 1.29 is 18.3 Å². The highest BCUT2D eigenvalue weighted by atomic mass is 79.9. The number of rotatable bonds is 3. The lowest BCUT2D eigenvalue weighted by Gasteiger charge is -2.10. The summed E-state index contributed by atoms with van der Waals surface area (Å²) < 4.78 is 29.9. The smallest absolute Gasteiger partial charge is 0.341 e. The average molecular weight is 315 g/mol. The summed E-state index contributed by atoms with van der Waals surface area (Å²) >= 11 is 8.44. The molecule has 0 saturated heterocycles. The van der Waals surface area contributed by atoms with Crippen molar-refractivity contribution >= 4 is 33.5 Å². The predicted octanol–water partition coefficient (Wildman–Crippen LogP) is 3.31. The Hall–Kier alpha value is -0.750. The highest BCUT2D eigenvalue weighted by Gasteiger charge is 2.23. The van der Waals surface area contributed by atoms with Gasteiger partial charge in [0, 0.05) is 5.56 Å². The maximum absolute atomic E-state index is 12.7. The SMILES string of the molecule is COC(=O)c1c(C(F)F)cc(CCl)nc1Br. The normalized spacial score (nSPS) is 10.6. The van der Waals surface area contributed by atoms with Gasteiger partial charge in [-0.15, -0.1) is 11.6 Å². The first-order chi connectivity index (χ1) is 7.51. The predicted molar refractivity (Wildman–Crippen MR) is 57.8 cm³/mol. The van der Waals surface area contributed by atoms with Crippen LogP contribution in [-0.2, 0) is 10.6 Å². The highest BCUT2D eigenvalue weighted by Crippen LogP contribution is 2.29. The van der Waals surface area contributed by atoms with Gasteiger partial charge in [-0.1, -0.05) is 0 Å². The van der Waals surface area contributed by atoms with Gasteiger partial charge in [0.15, 0.2) is 0 Å². The third-order valence-electron chi connectivity index (χ3n) is 1.82. The molecule has 3 nitrogen and oxygen atoms in total. The number of hydrogen-bond donors (Lipinski definition) is 0. The van der Waals surface area contributed by atoms with Gasteiger partial charge in [-0.25, -0.2) is 18.6 Å². The number of methoxy groups -OCH3 is 1. The van der Waals surface area contributed by atoms with E-state index in [2.05, 4.69) is 25.7 Å². The first-order valence-electron chi connectivity index (χ1n) is 4.13. The van der Waals surface area contributed by atoms with Crippen molar-refractivity contribution in [3.8, 4) is 0 Å². The van der Waals surface area contributed by atoms with Gasteiger partial charge < -0.3 is 4.74 Å². The van der Waals surface area contributed by atoms with E-state index in [1.54, 1.807) is 0 Å². The molecule has 0 unspecified atom stereocenters. The zero-order valence-electron chi connectivity index (χ0n) is 8.14. The molecule has 0 fully saturated rings. The molecular formula is C9H7BrClF2NO2. The summed E-state index contributed by atoms with van der Waals surface area (Å²) in [6.07, 6.45) is -2.80. The van der Waals surface area contributed by atoms with E-state index in [-0.39, 0.29) is 21.7 Å². The number of pyridine rings is 1. The second-order valence-corrected chi connectivity index (χ2v) is 3.81. The number of aromatic nitrogens is 1. The topological polar surface area (TPSA) is 39.2 Å². The van der Waals surface area contributed by atoms with Gasteiger partial charge >= 0.3 is 5.97 Å². The maximum Gasteiger partial charge on any atom is 0.341 e. The molecule has 1 aromatic heterocycles. The lowest BCUT2D eigenvalue weighted by Crippen LogP contribution is -2.10. The number of halogens is 4. The number of carbonyl (C=O) groups is 1. The van der Waals surface area contributed by atoms with Gasteiger partial charge in [-0.05, 0) is 22.0 Å². The lowest BCUT2D eigenvalue weighted by atomic mass is 10.1. The molecule has 0 aromatic carbocycles. The first-order valence-corrected chi connectivity index (χ1v) is 5.45. The Morgan fingerprint density at radius 2 is 2.31 bits per heavy atom. The van der Waals surface area contributed by atoms with Crippen molar-refractivity contribution in [3.63, 3.8) is 0 Å². The molecule has 0 radical (unpaired) electrons. The molecule has 0 saturated carbocycles. The number of nitrogens with zero attached hydrogens (tertiary/aromatic N) is 1. The van der Waals surface area contributed by atoms with Gasteiger partial charge in [0.05, 0.1) is 18.7 Å².